The first kappa shape index (κ1) is 14.3. The average molecular weight is 346 g/mol. The molecule has 19 heavy (non-hydrogen) atoms. The third-order valence-electron chi connectivity index (χ3n) is 2.52. The highest BCUT2D eigenvalue weighted by molar-refractivity contribution is 9.10. The average Bonchev–Trinajstić information content (AvgIpc) is 2.36. The molecule has 0 bridgehead atoms. The van der Waals surface area contributed by atoms with Gasteiger partial charge >= 0.3 is 0 Å². The van der Waals surface area contributed by atoms with Crippen LogP contribution in [-0.2, 0) is 13.2 Å². The fourth-order valence-corrected chi connectivity index (χ4v) is 2.45. The minimum atomic E-state index is -0.338. The molecule has 0 atom stereocenters. The second-order valence-electron chi connectivity index (χ2n) is 3.95. The van der Waals surface area contributed by atoms with E-state index in [0.717, 1.165) is 0 Å². The van der Waals surface area contributed by atoms with Crippen molar-refractivity contribution in [2.24, 2.45) is 0 Å². The van der Waals surface area contributed by atoms with Crippen LogP contribution in [0, 0.1) is 5.82 Å². The number of benzene rings is 2. The third kappa shape index (κ3) is 3.69. The summed E-state index contributed by atoms with van der Waals surface area (Å²) in [6.45, 7) is 0.00975. The van der Waals surface area contributed by atoms with Crippen LogP contribution < -0.4 is 4.74 Å². The second-order valence-corrected chi connectivity index (χ2v) is 5.28. The summed E-state index contributed by atoms with van der Waals surface area (Å²) in [6, 6.07) is 9.66. The predicted molar refractivity (Wildman–Crippen MR) is 75.8 cm³/mol. The number of hydrogen-bond donors (Lipinski definition) is 1. The van der Waals surface area contributed by atoms with Gasteiger partial charge in [0.25, 0.3) is 0 Å². The van der Waals surface area contributed by atoms with Crippen molar-refractivity contribution in [2.45, 2.75) is 13.2 Å². The zero-order valence-electron chi connectivity index (χ0n) is 9.87. The standard InChI is InChI=1S/C14H11BrClFO2/c15-11-4-9(5-12(17)6-11)8-19-14-10(7-18)2-1-3-13(14)16/h1-6,18H,7-8H2. The molecular formula is C14H11BrClFO2. The maximum Gasteiger partial charge on any atom is 0.143 e. The Morgan fingerprint density at radius 2 is 2.05 bits per heavy atom. The monoisotopic (exact) mass is 344 g/mol. The largest absolute Gasteiger partial charge is 0.487 e. The zero-order valence-corrected chi connectivity index (χ0v) is 12.2. The predicted octanol–water partition coefficient (Wildman–Crippen LogP) is 4.31. The Bertz CT molecular complexity index is 569. The van der Waals surface area contributed by atoms with Crippen molar-refractivity contribution in [1.82, 2.24) is 0 Å². The Morgan fingerprint density at radius 3 is 2.74 bits per heavy atom. The van der Waals surface area contributed by atoms with Crippen LogP contribution in [0.15, 0.2) is 40.9 Å². The van der Waals surface area contributed by atoms with E-state index in [1.165, 1.54) is 12.1 Å². The molecule has 100 valence electrons. The van der Waals surface area contributed by atoms with E-state index in [1.807, 2.05) is 0 Å². The van der Waals surface area contributed by atoms with E-state index >= 15 is 0 Å². The lowest BCUT2D eigenvalue weighted by atomic mass is 10.2. The summed E-state index contributed by atoms with van der Waals surface area (Å²) in [4.78, 5) is 0. The van der Waals surface area contributed by atoms with E-state index in [1.54, 1.807) is 24.3 Å². The van der Waals surface area contributed by atoms with Crippen molar-refractivity contribution in [1.29, 1.82) is 0 Å². The van der Waals surface area contributed by atoms with Gasteiger partial charge in [-0.05, 0) is 29.8 Å². The van der Waals surface area contributed by atoms with Crippen LogP contribution >= 0.6 is 27.5 Å². The molecule has 0 fully saturated rings. The highest BCUT2D eigenvalue weighted by atomic mass is 79.9. The van der Waals surface area contributed by atoms with Gasteiger partial charge in [-0.3, -0.25) is 0 Å². The fourth-order valence-electron chi connectivity index (χ4n) is 1.69. The van der Waals surface area contributed by atoms with Crippen LogP contribution in [0.2, 0.25) is 5.02 Å². The highest BCUT2D eigenvalue weighted by Crippen LogP contribution is 2.29. The molecule has 0 amide bonds. The quantitative estimate of drug-likeness (QED) is 0.894. The van der Waals surface area contributed by atoms with Crippen molar-refractivity contribution >= 4 is 27.5 Å². The lowest BCUT2D eigenvalue weighted by Gasteiger charge is -2.12. The summed E-state index contributed by atoms with van der Waals surface area (Å²) in [5.74, 6) is 0.0848. The second kappa shape index (κ2) is 6.37. The van der Waals surface area contributed by atoms with Crippen LogP contribution in [0.5, 0.6) is 5.75 Å². The van der Waals surface area contributed by atoms with E-state index in [-0.39, 0.29) is 19.0 Å². The number of rotatable bonds is 4. The van der Waals surface area contributed by atoms with Gasteiger partial charge in [0.1, 0.15) is 18.2 Å². The molecule has 1 N–H and O–H groups in total. The van der Waals surface area contributed by atoms with Gasteiger partial charge in [-0.15, -0.1) is 0 Å². The van der Waals surface area contributed by atoms with E-state index < -0.39 is 0 Å². The summed E-state index contributed by atoms with van der Waals surface area (Å²) in [6.07, 6.45) is 0. The Morgan fingerprint density at radius 1 is 1.26 bits per heavy atom. The van der Waals surface area contributed by atoms with E-state index in [9.17, 15) is 9.50 Å². The van der Waals surface area contributed by atoms with Crippen molar-refractivity contribution in [3.8, 4) is 5.75 Å². The molecule has 0 radical (unpaired) electrons. The molecule has 2 nitrogen and oxygen atoms in total. The lowest BCUT2D eigenvalue weighted by Crippen LogP contribution is -2.00. The molecular weight excluding hydrogens is 335 g/mol. The number of halogens is 3. The summed E-state index contributed by atoms with van der Waals surface area (Å²) >= 11 is 9.24. The first-order valence-corrected chi connectivity index (χ1v) is 6.73. The maximum absolute atomic E-state index is 13.2. The van der Waals surface area contributed by atoms with Gasteiger partial charge in [-0.25, -0.2) is 4.39 Å². The van der Waals surface area contributed by atoms with Gasteiger partial charge in [0.05, 0.1) is 11.6 Å². The smallest absolute Gasteiger partial charge is 0.143 e. The molecule has 0 aliphatic rings. The summed E-state index contributed by atoms with van der Waals surface area (Å²) in [5, 5.41) is 9.64. The molecule has 0 unspecified atom stereocenters. The van der Waals surface area contributed by atoms with Gasteiger partial charge < -0.3 is 9.84 Å². The molecule has 2 aromatic rings. The first-order chi connectivity index (χ1) is 9.10. The Hall–Kier alpha value is -1.10. The van der Waals surface area contributed by atoms with Crippen LogP contribution in [0.25, 0.3) is 0 Å². The number of aliphatic hydroxyl groups excluding tert-OH is 1. The summed E-state index contributed by atoms with van der Waals surface area (Å²) < 4.78 is 19.4. The highest BCUT2D eigenvalue weighted by Gasteiger charge is 2.08. The van der Waals surface area contributed by atoms with Crippen molar-refractivity contribution < 1.29 is 14.2 Å². The fraction of sp³-hybridized carbons (Fsp3) is 0.143. The molecule has 5 heteroatoms. The molecule has 2 rings (SSSR count). The Balaban J connectivity index is 2.18. The van der Waals surface area contributed by atoms with Gasteiger partial charge in [-0.2, -0.15) is 0 Å². The number of hydrogen-bond acceptors (Lipinski definition) is 2. The third-order valence-corrected chi connectivity index (χ3v) is 3.28. The van der Waals surface area contributed by atoms with Crippen LogP contribution in [0.3, 0.4) is 0 Å². The summed E-state index contributed by atoms with van der Waals surface area (Å²) in [5.41, 5.74) is 1.28. The Kier molecular flexibility index (Phi) is 4.80. The zero-order chi connectivity index (χ0) is 13.8. The molecule has 0 spiro atoms. The number of aliphatic hydroxyl groups is 1. The summed E-state index contributed by atoms with van der Waals surface area (Å²) in [7, 11) is 0. The maximum atomic E-state index is 13.2. The minimum Gasteiger partial charge on any atom is -0.487 e. The van der Waals surface area contributed by atoms with E-state index in [0.29, 0.717) is 26.4 Å². The van der Waals surface area contributed by atoms with Crippen LogP contribution in [0.1, 0.15) is 11.1 Å². The Labute approximate surface area is 123 Å². The molecule has 0 aromatic heterocycles. The molecule has 0 aliphatic heterocycles. The normalized spacial score (nSPS) is 10.5. The van der Waals surface area contributed by atoms with Crippen molar-refractivity contribution in [2.75, 3.05) is 0 Å². The van der Waals surface area contributed by atoms with Crippen LogP contribution in [0.4, 0.5) is 4.39 Å². The van der Waals surface area contributed by atoms with Gasteiger partial charge in [0, 0.05) is 10.0 Å². The van der Waals surface area contributed by atoms with Gasteiger partial charge in [0.15, 0.2) is 0 Å². The molecule has 0 heterocycles. The van der Waals surface area contributed by atoms with E-state index in [4.69, 9.17) is 16.3 Å². The van der Waals surface area contributed by atoms with Crippen molar-refractivity contribution in [3.05, 3.63) is 62.8 Å². The number of ether oxygens (including phenoxy) is 1. The van der Waals surface area contributed by atoms with Gasteiger partial charge in [-0.1, -0.05) is 39.7 Å². The molecule has 0 aliphatic carbocycles. The SMILES string of the molecule is OCc1cccc(Cl)c1OCc1cc(F)cc(Br)c1. The lowest BCUT2D eigenvalue weighted by molar-refractivity contribution is 0.259. The molecule has 2 aromatic carbocycles. The molecule has 0 saturated heterocycles. The topological polar surface area (TPSA) is 29.5 Å². The van der Waals surface area contributed by atoms with Crippen LogP contribution in [-0.4, -0.2) is 5.11 Å². The minimum absolute atomic E-state index is 0.164. The number of para-hydroxylation sites is 1. The van der Waals surface area contributed by atoms with Crippen molar-refractivity contribution in [3.63, 3.8) is 0 Å². The molecule has 0 saturated carbocycles. The van der Waals surface area contributed by atoms with E-state index in [2.05, 4.69) is 15.9 Å². The first-order valence-electron chi connectivity index (χ1n) is 5.56. The van der Waals surface area contributed by atoms with Gasteiger partial charge in [0.2, 0.25) is 0 Å².